The highest BCUT2D eigenvalue weighted by Gasteiger charge is 2.16. The number of rotatable bonds is 3. The predicted octanol–water partition coefficient (Wildman–Crippen LogP) is 4.45. The lowest BCUT2D eigenvalue weighted by molar-refractivity contribution is 0.0694. The fourth-order valence-electron chi connectivity index (χ4n) is 1.73. The van der Waals surface area contributed by atoms with Crippen molar-refractivity contribution in [3.63, 3.8) is 0 Å². The Balaban J connectivity index is 2.46. The van der Waals surface area contributed by atoms with E-state index in [4.69, 9.17) is 16.3 Å². The van der Waals surface area contributed by atoms with E-state index < -0.39 is 5.97 Å². The average Bonchev–Trinajstić information content (AvgIpc) is 2.33. The zero-order valence-corrected chi connectivity index (χ0v) is 11.4. The van der Waals surface area contributed by atoms with Gasteiger partial charge in [-0.1, -0.05) is 29.8 Å². The molecule has 0 aliphatic heterocycles. The molecule has 0 unspecified atom stereocenters. The Morgan fingerprint density at radius 3 is 2.58 bits per heavy atom. The first-order valence-corrected chi connectivity index (χ1v) is 6.13. The van der Waals surface area contributed by atoms with Gasteiger partial charge in [-0.25, -0.2) is 4.79 Å². The lowest BCUT2D eigenvalue weighted by Crippen LogP contribution is -2.01. The minimum Gasteiger partial charge on any atom is -0.478 e. The Morgan fingerprint density at radius 1 is 1.16 bits per heavy atom. The summed E-state index contributed by atoms with van der Waals surface area (Å²) in [6.07, 6.45) is 0. The Labute approximate surface area is 116 Å². The number of benzene rings is 2. The molecule has 3 nitrogen and oxygen atoms in total. The van der Waals surface area contributed by atoms with Gasteiger partial charge in [0, 0.05) is 0 Å². The highest BCUT2D eigenvalue weighted by molar-refractivity contribution is 6.33. The van der Waals surface area contributed by atoms with Crippen molar-refractivity contribution in [1.29, 1.82) is 0 Å². The maximum atomic E-state index is 11.2. The molecule has 98 valence electrons. The maximum Gasteiger partial charge on any atom is 0.341 e. The van der Waals surface area contributed by atoms with Crippen LogP contribution in [0, 0.1) is 13.8 Å². The van der Waals surface area contributed by atoms with Gasteiger partial charge in [-0.05, 0) is 43.2 Å². The van der Waals surface area contributed by atoms with E-state index >= 15 is 0 Å². The molecule has 0 saturated heterocycles. The van der Waals surface area contributed by atoms with Crippen LogP contribution in [-0.2, 0) is 0 Å². The second-order valence-electron chi connectivity index (χ2n) is 4.29. The van der Waals surface area contributed by atoms with E-state index in [1.807, 2.05) is 32.0 Å². The van der Waals surface area contributed by atoms with Crippen molar-refractivity contribution in [3.05, 3.63) is 58.1 Å². The summed E-state index contributed by atoms with van der Waals surface area (Å²) in [5.74, 6) is -0.232. The second-order valence-corrected chi connectivity index (χ2v) is 4.70. The van der Waals surface area contributed by atoms with Crippen molar-refractivity contribution in [2.75, 3.05) is 0 Å². The number of ether oxygens (including phenoxy) is 1. The van der Waals surface area contributed by atoms with E-state index in [1.54, 1.807) is 12.1 Å². The van der Waals surface area contributed by atoms with Gasteiger partial charge in [0.2, 0.25) is 0 Å². The molecule has 1 N–H and O–H groups in total. The fraction of sp³-hybridized carbons (Fsp3) is 0.133. The van der Waals surface area contributed by atoms with Crippen LogP contribution in [0.25, 0.3) is 0 Å². The van der Waals surface area contributed by atoms with Crippen LogP contribution in [0.15, 0.2) is 36.4 Å². The van der Waals surface area contributed by atoms with Crippen LogP contribution in [0.3, 0.4) is 0 Å². The smallest absolute Gasteiger partial charge is 0.341 e. The molecule has 0 spiro atoms. The summed E-state index contributed by atoms with van der Waals surface area (Å²) >= 11 is 5.90. The minimum atomic E-state index is -1.11. The quantitative estimate of drug-likeness (QED) is 0.901. The highest BCUT2D eigenvalue weighted by Crippen LogP contribution is 2.32. The zero-order valence-electron chi connectivity index (χ0n) is 10.6. The summed E-state index contributed by atoms with van der Waals surface area (Å²) < 4.78 is 5.70. The molecule has 2 rings (SSSR count). The van der Waals surface area contributed by atoms with E-state index in [0.29, 0.717) is 5.75 Å². The average molecular weight is 277 g/mol. The number of carboxylic acid groups (broad SMARTS) is 1. The van der Waals surface area contributed by atoms with Crippen molar-refractivity contribution in [2.24, 2.45) is 0 Å². The second kappa shape index (κ2) is 5.33. The lowest BCUT2D eigenvalue weighted by atomic mass is 10.1. The molecule has 0 amide bonds. The molecule has 0 saturated carbocycles. The van der Waals surface area contributed by atoms with Crippen molar-refractivity contribution in [1.82, 2.24) is 0 Å². The highest BCUT2D eigenvalue weighted by atomic mass is 35.5. The summed E-state index contributed by atoms with van der Waals surface area (Å²) in [5.41, 5.74) is 1.95. The van der Waals surface area contributed by atoms with Crippen LogP contribution in [0.1, 0.15) is 21.5 Å². The summed E-state index contributed by atoms with van der Waals surface area (Å²) in [7, 11) is 0. The van der Waals surface area contributed by atoms with Gasteiger partial charge in [-0.2, -0.15) is 0 Å². The number of carbonyl (C=O) groups is 1. The minimum absolute atomic E-state index is 0.0231. The largest absolute Gasteiger partial charge is 0.478 e. The van der Waals surface area contributed by atoms with Crippen LogP contribution < -0.4 is 4.74 Å². The third kappa shape index (κ3) is 2.88. The first-order chi connectivity index (χ1) is 8.99. The molecule has 2 aromatic rings. The number of hydrogen-bond donors (Lipinski definition) is 1. The van der Waals surface area contributed by atoms with Crippen LogP contribution in [0.5, 0.6) is 11.5 Å². The molecule has 0 aliphatic rings. The van der Waals surface area contributed by atoms with Gasteiger partial charge in [0.1, 0.15) is 17.1 Å². The summed E-state index contributed by atoms with van der Waals surface area (Å²) in [4.78, 5) is 11.2. The van der Waals surface area contributed by atoms with E-state index in [9.17, 15) is 9.90 Å². The molecule has 0 fully saturated rings. The Hall–Kier alpha value is -2.00. The zero-order chi connectivity index (χ0) is 14.0. The van der Waals surface area contributed by atoms with Crippen LogP contribution in [-0.4, -0.2) is 11.1 Å². The molecule has 0 heterocycles. The molecule has 4 heteroatoms. The monoisotopic (exact) mass is 276 g/mol. The van der Waals surface area contributed by atoms with Crippen molar-refractivity contribution >= 4 is 17.6 Å². The molecule has 19 heavy (non-hydrogen) atoms. The Kier molecular flexibility index (Phi) is 3.76. The van der Waals surface area contributed by atoms with Gasteiger partial charge in [0.25, 0.3) is 0 Å². The molecule has 2 aromatic carbocycles. The van der Waals surface area contributed by atoms with Gasteiger partial charge < -0.3 is 9.84 Å². The molecule has 0 aliphatic carbocycles. The molecule has 0 atom stereocenters. The first-order valence-electron chi connectivity index (χ1n) is 5.76. The SMILES string of the molecule is Cc1ccc(C)c(Oc2cccc(Cl)c2C(=O)O)c1. The number of carboxylic acids is 1. The fourth-order valence-corrected chi connectivity index (χ4v) is 1.98. The third-order valence-corrected chi connectivity index (χ3v) is 3.07. The Morgan fingerprint density at radius 2 is 1.89 bits per heavy atom. The van der Waals surface area contributed by atoms with Crippen LogP contribution in [0.4, 0.5) is 0 Å². The van der Waals surface area contributed by atoms with E-state index in [2.05, 4.69) is 0 Å². The van der Waals surface area contributed by atoms with Gasteiger partial charge in [-0.15, -0.1) is 0 Å². The van der Waals surface area contributed by atoms with E-state index in [-0.39, 0.29) is 16.3 Å². The summed E-state index contributed by atoms with van der Waals surface area (Å²) in [6, 6.07) is 10.5. The molecule has 0 bridgehead atoms. The Bertz CT molecular complexity index is 635. The number of hydrogen-bond acceptors (Lipinski definition) is 2. The number of aryl methyl sites for hydroxylation is 2. The first kappa shape index (κ1) is 13.4. The van der Waals surface area contributed by atoms with Crippen molar-refractivity contribution in [3.8, 4) is 11.5 Å². The topological polar surface area (TPSA) is 46.5 Å². The maximum absolute atomic E-state index is 11.2. The van der Waals surface area contributed by atoms with Gasteiger partial charge >= 0.3 is 5.97 Å². The number of halogens is 1. The molecular formula is C15H13ClO3. The van der Waals surface area contributed by atoms with E-state index in [0.717, 1.165) is 11.1 Å². The van der Waals surface area contributed by atoms with Gasteiger partial charge in [0.05, 0.1) is 5.02 Å². The van der Waals surface area contributed by atoms with Crippen molar-refractivity contribution in [2.45, 2.75) is 13.8 Å². The van der Waals surface area contributed by atoms with E-state index in [1.165, 1.54) is 6.07 Å². The molecule has 0 aromatic heterocycles. The van der Waals surface area contributed by atoms with Crippen LogP contribution >= 0.6 is 11.6 Å². The van der Waals surface area contributed by atoms with Crippen LogP contribution in [0.2, 0.25) is 5.02 Å². The lowest BCUT2D eigenvalue weighted by Gasteiger charge is -2.12. The summed E-state index contributed by atoms with van der Waals surface area (Å²) in [6.45, 7) is 3.85. The molecule has 0 radical (unpaired) electrons. The van der Waals surface area contributed by atoms with Gasteiger partial charge in [0.15, 0.2) is 0 Å². The standard InChI is InChI=1S/C15H13ClO3/c1-9-6-7-10(2)13(8-9)19-12-5-3-4-11(16)14(12)15(17)18/h3-8H,1-2H3,(H,17,18). The molecular weight excluding hydrogens is 264 g/mol. The van der Waals surface area contributed by atoms with Gasteiger partial charge in [-0.3, -0.25) is 0 Å². The third-order valence-electron chi connectivity index (χ3n) is 2.75. The summed E-state index contributed by atoms with van der Waals surface area (Å²) in [5, 5.41) is 9.35. The normalized spacial score (nSPS) is 10.3. The van der Waals surface area contributed by atoms with Crippen molar-refractivity contribution < 1.29 is 14.6 Å². The predicted molar refractivity (Wildman–Crippen MR) is 74.4 cm³/mol. The number of aromatic carboxylic acids is 1.